The molecule has 0 aliphatic carbocycles. The van der Waals surface area contributed by atoms with Crippen LogP contribution in [0, 0.1) is 0 Å². The Hall–Kier alpha value is -1.61. The summed E-state index contributed by atoms with van der Waals surface area (Å²) in [6.07, 6.45) is 17.9. The minimum absolute atomic E-state index is 0.129. The maximum absolute atomic E-state index is 11.9. The molecule has 0 saturated carbocycles. The normalized spacial score (nSPS) is 16.6. The lowest BCUT2D eigenvalue weighted by atomic mass is 9.91. The molecule has 3 aliphatic heterocycles. The lowest BCUT2D eigenvalue weighted by molar-refractivity contribution is 0.0404. The summed E-state index contributed by atoms with van der Waals surface area (Å²) in [5, 5.41) is 0. The van der Waals surface area contributed by atoms with Crippen LogP contribution in [0.15, 0.2) is 30.1 Å². The van der Waals surface area contributed by atoms with Crippen LogP contribution in [0.25, 0.3) is 0 Å². The van der Waals surface area contributed by atoms with E-state index in [4.69, 9.17) is 18.3 Å². The fourth-order valence-electron chi connectivity index (χ4n) is 4.52. The smallest absolute Gasteiger partial charge is 0.452 e. The van der Waals surface area contributed by atoms with Gasteiger partial charge in [0.25, 0.3) is 0 Å². The number of fused-ring (bicyclic) bond motifs is 1. The predicted octanol–water partition coefficient (Wildman–Crippen LogP) is 9.27. The third-order valence-electron chi connectivity index (χ3n) is 6.49. The van der Waals surface area contributed by atoms with E-state index in [1.807, 2.05) is 0 Å². The zero-order chi connectivity index (χ0) is 23.5. The van der Waals surface area contributed by atoms with Gasteiger partial charge in [-0.15, -0.1) is 0 Å². The maximum Gasteiger partial charge on any atom is 0.654 e. The summed E-state index contributed by atoms with van der Waals surface area (Å²) in [5.41, 5.74) is 4.02. The molecule has 0 N–H and O–H groups in total. The van der Waals surface area contributed by atoms with Crippen LogP contribution in [0.3, 0.4) is 0 Å². The van der Waals surface area contributed by atoms with Crippen LogP contribution < -0.4 is 0 Å². The summed E-state index contributed by atoms with van der Waals surface area (Å²) in [6.45, 7) is 6.70. The number of hydrogen-bond acceptors (Lipinski definition) is 5. The molecule has 1 fully saturated rings. The van der Waals surface area contributed by atoms with E-state index >= 15 is 0 Å². The second kappa shape index (κ2) is 13.3. The zero-order valence-electron chi connectivity index (χ0n) is 20.9. The van der Waals surface area contributed by atoms with Crippen LogP contribution in [0.5, 0.6) is 0 Å². The molecule has 6 heteroatoms. The van der Waals surface area contributed by atoms with Gasteiger partial charge in [0.2, 0.25) is 0 Å². The number of ether oxygens (including phenoxy) is 1. The van der Waals surface area contributed by atoms with Gasteiger partial charge < -0.3 is 18.3 Å². The Labute approximate surface area is 200 Å². The molecule has 1 aromatic rings. The van der Waals surface area contributed by atoms with Crippen molar-refractivity contribution in [1.82, 2.24) is 0 Å². The van der Waals surface area contributed by atoms with Gasteiger partial charge in [0.15, 0.2) is 0 Å². The lowest BCUT2D eigenvalue weighted by Crippen LogP contribution is -2.09. The molecule has 0 spiro atoms. The molecule has 4 rings (SSSR count). The molecule has 3 aliphatic rings. The molecule has 186 valence electrons. The first-order valence-electron chi connectivity index (χ1n) is 13.3. The molecule has 2 bridgehead atoms. The molecule has 0 aromatic heterocycles. The Morgan fingerprint density at radius 2 is 1.42 bits per heavy atom. The van der Waals surface area contributed by atoms with E-state index in [2.05, 4.69) is 39.0 Å². The van der Waals surface area contributed by atoms with E-state index in [0.29, 0.717) is 0 Å². The summed E-state index contributed by atoms with van der Waals surface area (Å²) in [7, 11) is -3.40. The van der Waals surface area contributed by atoms with Gasteiger partial charge in [0.05, 0.1) is 0 Å². The van der Waals surface area contributed by atoms with Crippen molar-refractivity contribution in [3.8, 4) is 0 Å². The number of rotatable bonds is 18. The minimum Gasteiger partial charge on any atom is -0.452 e. The van der Waals surface area contributed by atoms with E-state index in [1.54, 1.807) is 0 Å². The highest BCUT2D eigenvalue weighted by Gasteiger charge is 2.58. The summed E-state index contributed by atoms with van der Waals surface area (Å²) in [4.78, 5) is 0. The highest BCUT2D eigenvalue weighted by atomic mass is 31.2. The molecule has 1 aromatic carbocycles. The van der Waals surface area contributed by atoms with Gasteiger partial charge in [-0.3, -0.25) is 0 Å². The molecule has 1 atom stereocenters. The van der Waals surface area contributed by atoms with Gasteiger partial charge in [0, 0.05) is 0 Å². The number of hydrogen-bond donors (Lipinski definition) is 0. The van der Waals surface area contributed by atoms with E-state index < -0.39 is 7.82 Å². The quantitative estimate of drug-likeness (QED) is 0.155. The molecule has 33 heavy (non-hydrogen) atoms. The van der Waals surface area contributed by atoms with Crippen molar-refractivity contribution in [2.45, 2.75) is 123 Å². The largest absolute Gasteiger partial charge is 0.654 e. The van der Waals surface area contributed by atoms with Gasteiger partial charge in [-0.25, -0.2) is 0 Å². The Kier molecular flexibility index (Phi) is 10.5. The van der Waals surface area contributed by atoms with Crippen LogP contribution in [0.2, 0.25) is 0 Å². The molecule has 3 heterocycles. The van der Waals surface area contributed by atoms with Crippen LogP contribution in [0.1, 0.15) is 127 Å². The first-order chi connectivity index (χ1) is 16.1. The molecule has 1 unspecified atom stereocenters. The summed E-state index contributed by atoms with van der Waals surface area (Å²) < 4.78 is 33.6. The number of phosphoric acid groups is 1. The van der Waals surface area contributed by atoms with Crippen LogP contribution in [0.4, 0.5) is 0 Å². The van der Waals surface area contributed by atoms with Crippen molar-refractivity contribution >= 4 is 7.82 Å². The van der Waals surface area contributed by atoms with Gasteiger partial charge in [-0.05, 0) is 55.2 Å². The van der Waals surface area contributed by atoms with Crippen molar-refractivity contribution in [2.24, 2.45) is 0 Å². The average molecular weight is 479 g/mol. The van der Waals surface area contributed by atoms with Crippen molar-refractivity contribution in [3.05, 3.63) is 46.8 Å². The first kappa shape index (κ1) is 26.0. The Morgan fingerprint density at radius 1 is 0.788 bits per heavy atom. The monoisotopic (exact) mass is 478 g/mol. The van der Waals surface area contributed by atoms with Crippen molar-refractivity contribution in [2.75, 3.05) is 0 Å². The van der Waals surface area contributed by atoms with E-state index in [9.17, 15) is 4.57 Å². The van der Waals surface area contributed by atoms with Crippen molar-refractivity contribution < 1.29 is 22.9 Å². The standard InChI is InChI=1S/C27H43O5P/c1-4-7-10-12-14-16-22-19-20-24(23(21-22)17-15-13-11-8-5-2)25(18-9-6-3)29-26-27-31-33(28,30-26)32-27/h19-21,25H,4-18H2,1-3H3. The molecular weight excluding hydrogens is 435 g/mol. The van der Waals surface area contributed by atoms with Gasteiger partial charge >= 0.3 is 19.7 Å². The van der Waals surface area contributed by atoms with Crippen LogP contribution >= 0.6 is 7.82 Å². The summed E-state index contributed by atoms with van der Waals surface area (Å²) >= 11 is 0. The molecular formula is C27H43O5P. The average Bonchev–Trinajstić information content (AvgIpc) is 3.28. The maximum atomic E-state index is 11.9. The van der Waals surface area contributed by atoms with Crippen molar-refractivity contribution in [3.63, 3.8) is 0 Å². The van der Waals surface area contributed by atoms with Gasteiger partial charge in [-0.1, -0.05) is 96.8 Å². The Morgan fingerprint density at radius 3 is 2.03 bits per heavy atom. The Balaban J connectivity index is 1.71. The molecule has 0 amide bonds. The third kappa shape index (κ3) is 7.70. The highest BCUT2D eigenvalue weighted by Crippen LogP contribution is 2.70. The zero-order valence-corrected chi connectivity index (χ0v) is 21.8. The number of benzene rings is 1. The van der Waals surface area contributed by atoms with Crippen molar-refractivity contribution in [1.29, 1.82) is 0 Å². The van der Waals surface area contributed by atoms with Crippen LogP contribution in [-0.4, -0.2) is 0 Å². The topological polar surface area (TPSA) is 54.0 Å². The SMILES string of the molecule is CCCCCCCc1ccc(C(CCCC)OC2=C3OP(=O)(O2)O3)c(CCCCCCC)c1. The number of unbranched alkanes of at least 4 members (excludes halogenated alkanes) is 9. The number of aryl methyl sites for hydroxylation is 2. The van der Waals surface area contributed by atoms with Crippen LogP contribution in [-0.2, 0) is 35.7 Å². The minimum atomic E-state index is -3.40. The number of phosphoric ester groups is 1. The summed E-state index contributed by atoms with van der Waals surface area (Å²) in [6, 6.07) is 6.91. The molecule has 1 saturated heterocycles. The fraction of sp³-hybridized carbons (Fsp3) is 0.704. The summed E-state index contributed by atoms with van der Waals surface area (Å²) in [5.74, 6) is 0.276. The first-order valence-corrected chi connectivity index (χ1v) is 14.8. The van der Waals surface area contributed by atoms with Gasteiger partial charge in [-0.2, -0.15) is 4.57 Å². The Bertz CT molecular complexity index is 807. The van der Waals surface area contributed by atoms with E-state index in [-0.39, 0.29) is 18.0 Å². The lowest BCUT2D eigenvalue weighted by Gasteiger charge is -2.22. The second-order valence-corrected chi connectivity index (χ2v) is 10.8. The predicted molar refractivity (Wildman–Crippen MR) is 133 cm³/mol. The van der Waals surface area contributed by atoms with E-state index in [0.717, 1.165) is 32.1 Å². The molecule has 5 nitrogen and oxygen atoms in total. The van der Waals surface area contributed by atoms with E-state index in [1.165, 1.54) is 80.9 Å². The van der Waals surface area contributed by atoms with Gasteiger partial charge in [0.1, 0.15) is 6.10 Å². The highest BCUT2D eigenvalue weighted by molar-refractivity contribution is 7.50. The second-order valence-electron chi connectivity index (χ2n) is 9.41. The fourth-order valence-corrected chi connectivity index (χ4v) is 5.49. The third-order valence-corrected chi connectivity index (χ3v) is 7.66. The molecule has 0 radical (unpaired) electrons.